The van der Waals surface area contributed by atoms with Gasteiger partial charge in [-0.2, -0.15) is 0 Å². The number of amides is 2. The Balaban J connectivity index is 1.21. The zero-order valence-corrected chi connectivity index (χ0v) is 19.3. The number of hydrogen-bond donors (Lipinski definition) is 2. The Kier molecular flexibility index (Phi) is 6.39. The molecule has 2 N–H and O–H groups in total. The predicted molar refractivity (Wildman–Crippen MR) is 126 cm³/mol. The minimum absolute atomic E-state index is 0.0560. The first-order chi connectivity index (χ1) is 16.6. The van der Waals surface area contributed by atoms with Gasteiger partial charge in [-0.1, -0.05) is 17.7 Å². The number of ether oxygens (including phenoxy) is 2. The van der Waals surface area contributed by atoms with Crippen LogP contribution in [0.5, 0.6) is 5.75 Å². The highest BCUT2D eigenvalue weighted by atomic mass is 35.5. The molecule has 11 heteroatoms. The van der Waals surface area contributed by atoms with Crippen LogP contribution in [0.3, 0.4) is 0 Å². The number of H-pyrrole nitrogens is 1. The minimum Gasteiger partial charge on any atom is -0.487 e. The summed E-state index contributed by atoms with van der Waals surface area (Å²) in [5, 5.41) is 4.17. The Morgan fingerprint density at radius 2 is 1.97 bits per heavy atom. The van der Waals surface area contributed by atoms with Gasteiger partial charge >= 0.3 is 6.09 Å². The Labute approximate surface area is 201 Å². The summed E-state index contributed by atoms with van der Waals surface area (Å²) in [6.07, 6.45) is 5.68. The van der Waals surface area contributed by atoms with Crippen molar-refractivity contribution >= 4 is 40.5 Å². The van der Waals surface area contributed by atoms with Crippen LogP contribution in [-0.2, 0) is 4.74 Å². The van der Waals surface area contributed by atoms with Gasteiger partial charge in [-0.05, 0) is 37.5 Å². The summed E-state index contributed by atoms with van der Waals surface area (Å²) >= 11 is 6.00. The Bertz CT molecular complexity index is 1190. The standard InChI is InChI=1S/C23H25ClN6O4/c24-15-5-4-6-16(9-15)34-17-11-30(12-17)22(31)18-10-25-20-19(18)21(27-13-26-20)28-14-33-23(32)29-7-2-1-3-8-29/h4-6,9-10,13,17H,1-3,7-8,11-12,14H2,(H2,25,26,27,28). The topological polar surface area (TPSA) is 113 Å². The van der Waals surface area contributed by atoms with Crippen molar-refractivity contribution in [1.29, 1.82) is 0 Å². The van der Waals surface area contributed by atoms with Crippen LogP contribution < -0.4 is 10.1 Å². The largest absolute Gasteiger partial charge is 0.487 e. The van der Waals surface area contributed by atoms with E-state index in [-0.39, 0.29) is 24.8 Å². The fourth-order valence-corrected chi connectivity index (χ4v) is 4.36. The lowest BCUT2D eigenvalue weighted by Gasteiger charge is -2.38. The number of anilines is 1. The lowest BCUT2D eigenvalue weighted by molar-refractivity contribution is 0.0179. The molecule has 2 amide bonds. The van der Waals surface area contributed by atoms with Gasteiger partial charge in [0.05, 0.1) is 24.0 Å². The molecule has 34 heavy (non-hydrogen) atoms. The van der Waals surface area contributed by atoms with Crippen LogP contribution in [0, 0.1) is 0 Å². The third-order valence-corrected chi connectivity index (χ3v) is 6.22. The molecule has 2 fully saturated rings. The molecule has 2 aliphatic heterocycles. The van der Waals surface area contributed by atoms with Gasteiger partial charge in [-0.25, -0.2) is 14.8 Å². The van der Waals surface area contributed by atoms with Crippen molar-refractivity contribution in [2.24, 2.45) is 0 Å². The Morgan fingerprint density at radius 3 is 2.76 bits per heavy atom. The quantitative estimate of drug-likeness (QED) is 0.515. The van der Waals surface area contributed by atoms with Crippen molar-refractivity contribution in [2.45, 2.75) is 25.4 Å². The molecule has 0 saturated carbocycles. The van der Waals surface area contributed by atoms with Gasteiger partial charge in [-0.3, -0.25) is 4.79 Å². The number of carbonyl (C=O) groups is 2. The van der Waals surface area contributed by atoms with Gasteiger partial charge in [0.15, 0.2) is 6.73 Å². The molecule has 4 heterocycles. The molecule has 2 saturated heterocycles. The van der Waals surface area contributed by atoms with Gasteiger partial charge in [0.1, 0.15) is 29.6 Å². The van der Waals surface area contributed by atoms with E-state index in [9.17, 15) is 9.59 Å². The monoisotopic (exact) mass is 484 g/mol. The number of halogens is 1. The summed E-state index contributed by atoms with van der Waals surface area (Å²) in [6.45, 7) is 2.29. The second-order valence-electron chi connectivity index (χ2n) is 8.33. The third kappa shape index (κ3) is 4.72. The maximum atomic E-state index is 13.1. The number of likely N-dealkylation sites (tertiary alicyclic amines) is 2. The zero-order chi connectivity index (χ0) is 23.5. The number of piperidine rings is 1. The van der Waals surface area contributed by atoms with E-state index in [0.717, 1.165) is 19.3 Å². The average Bonchev–Trinajstić information content (AvgIpc) is 3.26. The van der Waals surface area contributed by atoms with E-state index < -0.39 is 0 Å². The number of hydrogen-bond acceptors (Lipinski definition) is 7. The minimum atomic E-state index is -0.353. The molecule has 178 valence electrons. The highest BCUT2D eigenvalue weighted by Crippen LogP contribution is 2.27. The maximum Gasteiger partial charge on any atom is 0.411 e. The number of carbonyl (C=O) groups excluding carboxylic acids is 2. The summed E-state index contributed by atoms with van der Waals surface area (Å²) in [5.41, 5.74) is 0.970. The molecule has 0 atom stereocenters. The molecular formula is C23H25ClN6O4. The van der Waals surface area contributed by atoms with Crippen molar-refractivity contribution in [3.05, 3.63) is 47.4 Å². The van der Waals surface area contributed by atoms with E-state index in [0.29, 0.717) is 59.4 Å². The smallest absolute Gasteiger partial charge is 0.411 e. The number of benzene rings is 1. The molecule has 0 spiro atoms. The first-order valence-electron chi connectivity index (χ1n) is 11.3. The van der Waals surface area contributed by atoms with Crippen LogP contribution in [0.2, 0.25) is 5.02 Å². The summed E-state index contributed by atoms with van der Waals surface area (Å²) in [6, 6.07) is 7.19. The summed E-state index contributed by atoms with van der Waals surface area (Å²) in [5.74, 6) is 0.948. The molecule has 1 aromatic carbocycles. The Hall–Kier alpha value is -3.53. The van der Waals surface area contributed by atoms with E-state index in [2.05, 4.69) is 20.3 Å². The van der Waals surface area contributed by atoms with E-state index in [1.54, 1.807) is 28.1 Å². The number of aromatic amines is 1. The molecule has 10 nitrogen and oxygen atoms in total. The molecule has 0 bridgehead atoms. The molecule has 5 rings (SSSR count). The fourth-order valence-electron chi connectivity index (χ4n) is 4.18. The van der Waals surface area contributed by atoms with Crippen LogP contribution >= 0.6 is 11.6 Å². The molecular weight excluding hydrogens is 460 g/mol. The first-order valence-corrected chi connectivity index (χ1v) is 11.7. The van der Waals surface area contributed by atoms with Crippen molar-refractivity contribution in [1.82, 2.24) is 24.8 Å². The maximum absolute atomic E-state index is 13.1. The molecule has 2 aliphatic rings. The molecule has 3 aromatic rings. The van der Waals surface area contributed by atoms with Crippen LogP contribution in [-0.4, -0.2) is 75.8 Å². The summed E-state index contributed by atoms with van der Waals surface area (Å²) < 4.78 is 11.2. The van der Waals surface area contributed by atoms with Crippen molar-refractivity contribution in [3.63, 3.8) is 0 Å². The second-order valence-corrected chi connectivity index (χ2v) is 8.77. The van der Waals surface area contributed by atoms with Crippen LogP contribution in [0.15, 0.2) is 36.8 Å². The van der Waals surface area contributed by atoms with Gasteiger partial charge in [-0.15, -0.1) is 0 Å². The zero-order valence-electron chi connectivity index (χ0n) is 18.5. The third-order valence-electron chi connectivity index (χ3n) is 5.98. The van der Waals surface area contributed by atoms with Crippen molar-refractivity contribution < 1.29 is 19.1 Å². The number of rotatable bonds is 6. The molecule has 0 radical (unpaired) electrons. The average molecular weight is 485 g/mol. The molecule has 2 aromatic heterocycles. The van der Waals surface area contributed by atoms with E-state index in [4.69, 9.17) is 21.1 Å². The highest BCUT2D eigenvalue weighted by molar-refractivity contribution is 6.30. The molecule has 0 aliphatic carbocycles. The fraction of sp³-hybridized carbons (Fsp3) is 0.391. The van der Waals surface area contributed by atoms with Crippen LogP contribution in [0.1, 0.15) is 29.6 Å². The number of nitrogens with zero attached hydrogens (tertiary/aromatic N) is 4. The predicted octanol–water partition coefficient (Wildman–Crippen LogP) is 3.51. The lowest BCUT2D eigenvalue weighted by Crippen LogP contribution is -2.56. The normalized spacial score (nSPS) is 16.3. The number of aromatic nitrogens is 3. The van der Waals surface area contributed by atoms with E-state index in [1.165, 1.54) is 6.33 Å². The van der Waals surface area contributed by atoms with Gasteiger partial charge in [0.2, 0.25) is 0 Å². The first kappa shape index (κ1) is 22.3. The van der Waals surface area contributed by atoms with Crippen LogP contribution in [0.25, 0.3) is 11.0 Å². The summed E-state index contributed by atoms with van der Waals surface area (Å²) in [4.78, 5) is 40.3. The van der Waals surface area contributed by atoms with Gasteiger partial charge in [0.25, 0.3) is 5.91 Å². The lowest BCUT2D eigenvalue weighted by atomic mass is 10.1. The SMILES string of the molecule is O=C(OCNc1ncnc2[nH]cc(C(=O)N3CC(Oc4cccc(Cl)c4)C3)c12)N1CCCCC1. The van der Waals surface area contributed by atoms with Crippen LogP contribution in [0.4, 0.5) is 10.6 Å². The van der Waals surface area contributed by atoms with E-state index in [1.807, 2.05) is 12.1 Å². The molecule has 0 unspecified atom stereocenters. The van der Waals surface area contributed by atoms with Crippen molar-refractivity contribution in [3.8, 4) is 5.75 Å². The second kappa shape index (κ2) is 9.76. The number of fused-ring (bicyclic) bond motifs is 1. The van der Waals surface area contributed by atoms with Crippen molar-refractivity contribution in [2.75, 3.05) is 38.2 Å². The number of nitrogens with one attached hydrogen (secondary N) is 2. The van der Waals surface area contributed by atoms with Gasteiger partial charge < -0.3 is 29.6 Å². The highest BCUT2D eigenvalue weighted by Gasteiger charge is 2.34. The van der Waals surface area contributed by atoms with Gasteiger partial charge in [0, 0.05) is 24.3 Å². The summed E-state index contributed by atoms with van der Waals surface area (Å²) in [7, 11) is 0. The Morgan fingerprint density at radius 1 is 1.15 bits per heavy atom. The van der Waals surface area contributed by atoms with E-state index >= 15 is 0 Å².